The van der Waals surface area contributed by atoms with Crippen LogP contribution in [-0.4, -0.2) is 9.55 Å². The van der Waals surface area contributed by atoms with Crippen LogP contribution in [-0.2, 0) is 13.2 Å². The second kappa shape index (κ2) is 2.00. The monoisotopic (exact) mass is 151 g/mol. The molecule has 0 aliphatic heterocycles. The van der Waals surface area contributed by atoms with Crippen LogP contribution in [0.2, 0.25) is 0 Å². The number of halogens is 3. The Hall–Kier alpha value is -1.00. The fourth-order valence-electron chi connectivity index (χ4n) is 0.506. The summed E-state index contributed by atoms with van der Waals surface area (Å²) < 4.78 is 43.5. The summed E-state index contributed by atoms with van der Waals surface area (Å²) >= 11 is 0. The molecule has 0 amide bonds. The van der Waals surface area contributed by atoms with Crippen molar-refractivity contribution in [1.82, 2.24) is 9.55 Å². The lowest BCUT2D eigenvalue weighted by molar-refractivity contribution is -0.140. The number of hydrogen-bond acceptors (Lipinski definition) is 1. The van der Waals surface area contributed by atoms with Gasteiger partial charge in [0.15, 0.2) is 5.69 Å². The van der Waals surface area contributed by atoms with Gasteiger partial charge in [-0.3, -0.25) is 0 Å². The number of alkyl halides is 3. The molecule has 0 unspecified atom stereocenters. The minimum Gasteiger partial charge on any atom is -0.340 e. The third kappa shape index (κ3) is 1.29. The molecule has 0 spiro atoms. The van der Waals surface area contributed by atoms with Crippen LogP contribution in [0.3, 0.4) is 0 Å². The van der Waals surface area contributed by atoms with Gasteiger partial charge in [-0.25, -0.2) is 4.98 Å². The van der Waals surface area contributed by atoms with Crippen molar-refractivity contribution in [2.24, 2.45) is 7.05 Å². The highest BCUT2D eigenvalue weighted by Gasteiger charge is 2.32. The molecule has 56 valence electrons. The summed E-state index contributed by atoms with van der Waals surface area (Å²) in [6.45, 7) is 0. The lowest BCUT2D eigenvalue weighted by Crippen LogP contribution is -2.04. The van der Waals surface area contributed by atoms with Crippen LogP contribution < -0.4 is 0 Å². The first-order valence-corrected chi connectivity index (χ1v) is 2.48. The van der Waals surface area contributed by atoms with Gasteiger partial charge in [-0.05, 0) is 0 Å². The molecule has 0 N–H and O–H groups in total. The fourth-order valence-corrected chi connectivity index (χ4v) is 0.506. The van der Waals surface area contributed by atoms with E-state index < -0.39 is 18.0 Å². The zero-order valence-electron chi connectivity index (χ0n) is 6.11. The van der Waals surface area contributed by atoms with Crippen LogP contribution in [0.1, 0.15) is 7.06 Å². The quantitative estimate of drug-likeness (QED) is 0.548. The third-order valence-corrected chi connectivity index (χ3v) is 0.911. The second-order valence-corrected chi connectivity index (χ2v) is 1.81. The van der Waals surface area contributed by atoms with Crippen LogP contribution in [0.25, 0.3) is 0 Å². The average Bonchev–Trinajstić information content (AvgIpc) is 2.11. The van der Waals surface area contributed by atoms with Crippen LogP contribution in [0.4, 0.5) is 13.2 Å². The van der Waals surface area contributed by atoms with E-state index in [0.717, 1.165) is 10.9 Å². The van der Waals surface area contributed by atoms with Crippen LogP contribution in [0.5, 0.6) is 0 Å². The summed E-state index contributed by atoms with van der Waals surface area (Å²) in [5.41, 5.74) is -1.14. The Morgan fingerprint density at radius 3 is 2.50 bits per heavy atom. The van der Waals surface area contributed by atoms with E-state index in [1.807, 2.05) is 0 Å². The average molecular weight is 151 g/mol. The summed E-state index contributed by atoms with van der Waals surface area (Å²) in [6, 6.07) is 0. The van der Waals surface area contributed by atoms with Crippen LogP contribution in [0, 0.1) is 0 Å². The third-order valence-electron chi connectivity index (χ3n) is 0.911. The Labute approximate surface area is 56.7 Å². The summed E-state index contributed by atoms with van der Waals surface area (Å²) in [4.78, 5) is 3.04. The van der Waals surface area contributed by atoms with Crippen molar-refractivity contribution in [3.05, 3.63) is 18.2 Å². The maximum absolute atomic E-state index is 11.9. The molecule has 0 bridgehead atoms. The largest absolute Gasteiger partial charge is 0.434 e. The van der Waals surface area contributed by atoms with Crippen molar-refractivity contribution >= 4 is 0 Å². The highest BCUT2D eigenvalue weighted by Crippen LogP contribution is 2.26. The van der Waals surface area contributed by atoms with Crippen molar-refractivity contribution < 1.29 is 14.5 Å². The van der Waals surface area contributed by atoms with Gasteiger partial charge < -0.3 is 4.57 Å². The molecule has 1 rings (SSSR count). The number of rotatable bonds is 0. The van der Waals surface area contributed by atoms with E-state index in [1.165, 1.54) is 7.05 Å². The van der Waals surface area contributed by atoms with Gasteiger partial charge in [0, 0.05) is 13.2 Å². The molecule has 0 aliphatic rings. The Bertz CT molecular complexity index is 265. The van der Waals surface area contributed by atoms with Crippen molar-refractivity contribution in [3.63, 3.8) is 0 Å². The highest BCUT2D eigenvalue weighted by atomic mass is 19.4. The van der Waals surface area contributed by atoms with Crippen LogP contribution in [0.15, 0.2) is 12.5 Å². The molecule has 0 saturated heterocycles. The molecule has 1 aromatic rings. The van der Waals surface area contributed by atoms with Gasteiger partial charge in [0.05, 0.1) is 7.70 Å². The molecule has 10 heavy (non-hydrogen) atoms. The maximum atomic E-state index is 11.9. The van der Waals surface area contributed by atoms with Crippen molar-refractivity contribution in [2.75, 3.05) is 0 Å². The Kier molecular flexibility index (Phi) is 1.15. The highest BCUT2D eigenvalue weighted by molar-refractivity contribution is 5.00. The Morgan fingerprint density at radius 2 is 2.30 bits per heavy atom. The van der Waals surface area contributed by atoms with E-state index >= 15 is 0 Å². The molecule has 1 aromatic heterocycles. The first-order valence-electron chi connectivity index (χ1n) is 2.98. The number of nitrogens with zero attached hydrogens (tertiary/aromatic N) is 2. The topological polar surface area (TPSA) is 17.8 Å². The van der Waals surface area contributed by atoms with E-state index in [9.17, 15) is 13.2 Å². The summed E-state index contributed by atoms with van der Waals surface area (Å²) in [5, 5.41) is 0. The normalized spacial score (nSPS) is 13.4. The summed E-state index contributed by atoms with van der Waals surface area (Å²) in [5.74, 6) is 0. The zero-order valence-corrected chi connectivity index (χ0v) is 5.11. The summed E-state index contributed by atoms with van der Waals surface area (Å²) in [7, 11) is 1.34. The molecule has 2 nitrogen and oxygen atoms in total. The molecular weight excluding hydrogens is 145 g/mol. The van der Waals surface area contributed by atoms with Gasteiger partial charge >= 0.3 is 6.18 Å². The molecule has 1 heterocycles. The lowest BCUT2D eigenvalue weighted by atomic mass is 10.5. The van der Waals surface area contributed by atoms with Crippen LogP contribution >= 0.6 is 0 Å². The Morgan fingerprint density at radius 1 is 1.70 bits per heavy atom. The molecular formula is C5H5F3N2. The van der Waals surface area contributed by atoms with Gasteiger partial charge in [0.2, 0.25) is 0 Å². The minimum atomic E-state index is -4.52. The number of imidazole rings is 1. The number of aryl methyl sites for hydroxylation is 1. The van der Waals surface area contributed by atoms with E-state index in [1.54, 1.807) is 0 Å². The molecule has 0 fully saturated rings. The SMILES string of the molecule is [2H]c1c(C(F)(F)F)ncn1C. The molecule has 0 aromatic carbocycles. The van der Waals surface area contributed by atoms with Gasteiger partial charge in [0.1, 0.15) is 0 Å². The standard InChI is InChI=1S/C5H5F3N2/c1-10-2-4(9-3-10)5(6,7)8/h2-3H,1H3/i2D. The lowest BCUT2D eigenvalue weighted by Gasteiger charge is -1.98. The molecule has 0 aliphatic carbocycles. The van der Waals surface area contributed by atoms with Gasteiger partial charge in [-0.2, -0.15) is 13.2 Å². The van der Waals surface area contributed by atoms with Gasteiger partial charge in [-0.1, -0.05) is 0 Å². The minimum absolute atomic E-state index is 0.613. The Balaban J connectivity index is 3.15. The van der Waals surface area contributed by atoms with E-state index in [2.05, 4.69) is 4.98 Å². The smallest absolute Gasteiger partial charge is 0.340 e. The van der Waals surface area contributed by atoms with Crippen molar-refractivity contribution in [1.29, 1.82) is 0 Å². The van der Waals surface area contributed by atoms with Gasteiger partial charge in [0.25, 0.3) is 0 Å². The zero-order chi connectivity index (χ0) is 8.65. The molecule has 0 atom stereocenters. The van der Waals surface area contributed by atoms with E-state index in [4.69, 9.17) is 1.37 Å². The van der Waals surface area contributed by atoms with Crippen molar-refractivity contribution in [2.45, 2.75) is 6.18 Å². The fraction of sp³-hybridized carbons (Fsp3) is 0.400. The van der Waals surface area contributed by atoms with E-state index in [-0.39, 0.29) is 0 Å². The first kappa shape index (κ1) is 5.76. The molecule has 0 saturated carbocycles. The van der Waals surface area contributed by atoms with Gasteiger partial charge in [-0.15, -0.1) is 0 Å². The number of aromatic nitrogens is 2. The first-order chi connectivity index (χ1) is 4.93. The predicted octanol–water partition coefficient (Wildman–Crippen LogP) is 1.44. The number of hydrogen-bond donors (Lipinski definition) is 0. The predicted molar refractivity (Wildman–Crippen MR) is 28.2 cm³/mol. The molecule has 5 heteroatoms. The maximum Gasteiger partial charge on any atom is 0.434 e. The second-order valence-electron chi connectivity index (χ2n) is 1.81. The molecule has 0 radical (unpaired) electrons. The van der Waals surface area contributed by atoms with Crippen molar-refractivity contribution in [3.8, 4) is 0 Å². The summed E-state index contributed by atoms with van der Waals surface area (Å²) in [6.07, 6.45) is -4.17. The van der Waals surface area contributed by atoms with E-state index in [0.29, 0.717) is 0 Å².